The van der Waals surface area contributed by atoms with Crippen LogP contribution in [0.5, 0.6) is 0 Å². The molecule has 25 heavy (non-hydrogen) atoms. The summed E-state index contributed by atoms with van der Waals surface area (Å²) in [7, 11) is 0. The van der Waals surface area contributed by atoms with E-state index in [4.69, 9.17) is 11.6 Å². The van der Waals surface area contributed by atoms with Crippen molar-refractivity contribution in [3.63, 3.8) is 0 Å². The Morgan fingerprint density at radius 2 is 1.36 bits per heavy atom. The summed E-state index contributed by atoms with van der Waals surface area (Å²) in [6, 6.07) is 25.7. The van der Waals surface area contributed by atoms with E-state index in [-0.39, 0.29) is 0 Å². The second-order valence-electron chi connectivity index (χ2n) is 5.89. The second kappa shape index (κ2) is 7.66. The fourth-order valence-corrected chi connectivity index (χ4v) is 2.86. The van der Waals surface area contributed by atoms with Crippen molar-refractivity contribution in [3.8, 4) is 0 Å². The molecule has 0 aromatic heterocycles. The first-order chi connectivity index (χ1) is 12.1. The third kappa shape index (κ3) is 3.99. The Morgan fingerprint density at radius 1 is 0.800 bits per heavy atom. The molecule has 3 aromatic carbocycles. The molecule has 0 aliphatic heterocycles. The molecule has 0 saturated heterocycles. The zero-order valence-electron chi connectivity index (χ0n) is 13.6. The maximum atomic E-state index is 11.4. The van der Waals surface area contributed by atoms with Crippen LogP contribution in [0.1, 0.15) is 22.8 Å². The molecular weight excluding hydrogens is 332 g/mol. The van der Waals surface area contributed by atoms with Gasteiger partial charge >= 0.3 is 0 Å². The number of hydrogen-bond donors (Lipinski definition) is 2. The number of benzene rings is 3. The van der Waals surface area contributed by atoms with Crippen molar-refractivity contribution in [1.82, 2.24) is 0 Å². The number of halogens is 1. The van der Waals surface area contributed by atoms with Crippen LogP contribution in [0.3, 0.4) is 0 Å². The summed E-state index contributed by atoms with van der Waals surface area (Å²) in [6.45, 7) is 0. The van der Waals surface area contributed by atoms with E-state index >= 15 is 0 Å². The monoisotopic (exact) mass is 350 g/mol. The van der Waals surface area contributed by atoms with Crippen LogP contribution in [0.4, 0.5) is 0 Å². The highest BCUT2D eigenvalue weighted by molar-refractivity contribution is 6.30. The minimum Gasteiger partial charge on any atom is -0.385 e. The Bertz CT molecular complexity index is 829. The largest absolute Gasteiger partial charge is 0.385 e. The summed E-state index contributed by atoms with van der Waals surface area (Å²) < 4.78 is 0. The van der Waals surface area contributed by atoms with Crippen molar-refractivity contribution in [2.75, 3.05) is 0 Å². The molecule has 126 valence electrons. The van der Waals surface area contributed by atoms with Crippen LogP contribution in [-0.2, 0) is 5.60 Å². The van der Waals surface area contributed by atoms with E-state index in [0.29, 0.717) is 16.1 Å². The Labute approximate surface area is 152 Å². The summed E-state index contributed by atoms with van der Waals surface area (Å²) in [6.07, 6.45) is 2.32. The minimum absolute atomic E-state index is 0.582. The van der Waals surface area contributed by atoms with Gasteiger partial charge in [-0.25, -0.2) is 0 Å². The van der Waals surface area contributed by atoms with Gasteiger partial charge in [0.1, 0.15) is 11.7 Å². The smallest absolute Gasteiger partial charge is 0.138 e. The van der Waals surface area contributed by atoms with E-state index in [1.807, 2.05) is 54.6 Å². The van der Waals surface area contributed by atoms with Crippen molar-refractivity contribution in [2.45, 2.75) is 11.7 Å². The SMILES string of the molecule is OC(c1ccc(Cl)cc1)C(O)(/C=C/c1ccccc1)c1ccccc1. The lowest BCUT2D eigenvalue weighted by Crippen LogP contribution is -2.31. The molecule has 0 heterocycles. The maximum absolute atomic E-state index is 11.4. The third-order valence-electron chi connectivity index (χ3n) is 4.17. The summed E-state index contributed by atoms with van der Waals surface area (Å²) in [5.74, 6) is 0. The molecule has 2 N–H and O–H groups in total. The number of hydrogen-bond acceptors (Lipinski definition) is 2. The molecular formula is C22H19ClO2. The van der Waals surface area contributed by atoms with Gasteiger partial charge in [-0.1, -0.05) is 90.5 Å². The van der Waals surface area contributed by atoms with Crippen LogP contribution in [0.15, 0.2) is 91.0 Å². The predicted molar refractivity (Wildman–Crippen MR) is 102 cm³/mol. The normalized spacial score (nSPS) is 15.0. The van der Waals surface area contributed by atoms with Crippen LogP contribution in [0.25, 0.3) is 6.08 Å². The van der Waals surface area contributed by atoms with Gasteiger partial charge < -0.3 is 10.2 Å². The lowest BCUT2D eigenvalue weighted by atomic mass is 9.84. The first-order valence-electron chi connectivity index (χ1n) is 8.05. The van der Waals surface area contributed by atoms with Gasteiger partial charge in [0.05, 0.1) is 0 Å². The fourth-order valence-electron chi connectivity index (χ4n) is 2.74. The topological polar surface area (TPSA) is 40.5 Å². The van der Waals surface area contributed by atoms with Crippen molar-refractivity contribution in [1.29, 1.82) is 0 Å². The standard InChI is InChI=1S/C22H19ClO2/c23-20-13-11-18(12-14-20)21(24)22(25,19-9-5-2-6-10-19)16-15-17-7-3-1-4-8-17/h1-16,21,24-25H/b16-15+. The molecule has 2 atom stereocenters. The second-order valence-corrected chi connectivity index (χ2v) is 6.33. The summed E-state index contributed by atoms with van der Waals surface area (Å²) in [5, 5.41) is 22.9. The van der Waals surface area contributed by atoms with Crippen molar-refractivity contribution in [2.24, 2.45) is 0 Å². The number of aliphatic hydroxyl groups excluding tert-OH is 1. The molecule has 0 radical (unpaired) electrons. The third-order valence-corrected chi connectivity index (χ3v) is 4.42. The summed E-state index contributed by atoms with van der Waals surface area (Å²) >= 11 is 5.93. The maximum Gasteiger partial charge on any atom is 0.138 e. The molecule has 0 aliphatic carbocycles. The molecule has 3 aromatic rings. The van der Waals surface area contributed by atoms with Gasteiger partial charge in [0.15, 0.2) is 0 Å². The molecule has 0 fully saturated rings. The van der Waals surface area contributed by atoms with Crippen LogP contribution in [-0.4, -0.2) is 10.2 Å². The molecule has 2 nitrogen and oxygen atoms in total. The molecule has 0 spiro atoms. The Balaban J connectivity index is 2.02. The van der Waals surface area contributed by atoms with Crippen molar-refractivity contribution in [3.05, 3.63) is 113 Å². The molecule has 0 saturated carbocycles. The van der Waals surface area contributed by atoms with Crippen LogP contribution < -0.4 is 0 Å². The summed E-state index contributed by atoms with van der Waals surface area (Å²) in [4.78, 5) is 0. The molecule has 2 unspecified atom stereocenters. The molecule has 0 amide bonds. The van der Waals surface area contributed by atoms with E-state index in [1.165, 1.54) is 0 Å². The van der Waals surface area contributed by atoms with E-state index < -0.39 is 11.7 Å². The van der Waals surface area contributed by atoms with Gasteiger partial charge in [0, 0.05) is 5.02 Å². The summed E-state index contributed by atoms with van der Waals surface area (Å²) in [5.41, 5.74) is 0.587. The van der Waals surface area contributed by atoms with Gasteiger partial charge in [-0.2, -0.15) is 0 Å². The Hall–Kier alpha value is -2.39. The van der Waals surface area contributed by atoms with Crippen LogP contribution >= 0.6 is 11.6 Å². The van der Waals surface area contributed by atoms with Crippen LogP contribution in [0, 0.1) is 0 Å². The van der Waals surface area contributed by atoms with Gasteiger partial charge in [-0.05, 0) is 34.9 Å². The Morgan fingerprint density at radius 3 is 1.96 bits per heavy atom. The highest BCUT2D eigenvalue weighted by atomic mass is 35.5. The van der Waals surface area contributed by atoms with Crippen LogP contribution in [0.2, 0.25) is 5.02 Å². The van der Waals surface area contributed by atoms with Gasteiger partial charge in [-0.15, -0.1) is 0 Å². The molecule has 3 rings (SSSR count). The van der Waals surface area contributed by atoms with Gasteiger partial charge in [-0.3, -0.25) is 0 Å². The fraction of sp³-hybridized carbons (Fsp3) is 0.0909. The lowest BCUT2D eigenvalue weighted by molar-refractivity contribution is -0.0453. The quantitative estimate of drug-likeness (QED) is 0.681. The zero-order chi connectivity index (χ0) is 17.7. The minimum atomic E-state index is -1.56. The number of rotatable bonds is 5. The lowest BCUT2D eigenvalue weighted by Gasteiger charge is -2.31. The van der Waals surface area contributed by atoms with E-state index in [2.05, 4.69) is 0 Å². The van der Waals surface area contributed by atoms with E-state index in [1.54, 1.807) is 42.5 Å². The predicted octanol–water partition coefficient (Wildman–Crippen LogP) is 4.97. The average Bonchev–Trinajstić information content (AvgIpc) is 2.67. The first kappa shape index (κ1) is 17.4. The highest BCUT2D eigenvalue weighted by Crippen LogP contribution is 2.37. The Kier molecular flexibility index (Phi) is 5.34. The van der Waals surface area contributed by atoms with Gasteiger partial charge in [0.2, 0.25) is 0 Å². The molecule has 0 bridgehead atoms. The average molecular weight is 351 g/mol. The zero-order valence-corrected chi connectivity index (χ0v) is 14.3. The first-order valence-corrected chi connectivity index (χ1v) is 8.43. The highest BCUT2D eigenvalue weighted by Gasteiger charge is 2.36. The number of aliphatic hydroxyl groups is 2. The molecule has 3 heteroatoms. The van der Waals surface area contributed by atoms with Crippen molar-refractivity contribution < 1.29 is 10.2 Å². The molecule has 0 aliphatic rings. The van der Waals surface area contributed by atoms with Crippen molar-refractivity contribution >= 4 is 17.7 Å². The van der Waals surface area contributed by atoms with Gasteiger partial charge in [0.25, 0.3) is 0 Å². The van der Waals surface area contributed by atoms with E-state index in [9.17, 15) is 10.2 Å². The van der Waals surface area contributed by atoms with E-state index in [0.717, 1.165) is 5.56 Å².